The van der Waals surface area contributed by atoms with Crippen molar-refractivity contribution in [3.63, 3.8) is 0 Å². The summed E-state index contributed by atoms with van der Waals surface area (Å²) in [7, 11) is 0. The van der Waals surface area contributed by atoms with Crippen LogP contribution in [-0.2, 0) is 19.1 Å². The molecule has 2 rings (SSSR count). The van der Waals surface area contributed by atoms with Gasteiger partial charge in [-0.05, 0) is 30.7 Å². The Labute approximate surface area is 181 Å². The molecule has 0 fully saturated rings. The average molecular weight is 434 g/mol. The van der Waals surface area contributed by atoms with Gasteiger partial charge in [-0.2, -0.15) is 0 Å². The Morgan fingerprint density at radius 2 is 1.65 bits per heavy atom. The van der Waals surface area contributed by atoms with Crippen molar-refractivity contribution in [2.24, 2.45) is 0 Å². The summed E-state index contributed by atoms with van der Waals surface area (Å²) in [5, 5.41) is 13.2. The summed E-state index contributed by atoms with van der Waals surface area (Å²) in [5.41, 5.74) is 0.776. The molecule has 0 spiro atoms. The number of aryl methyl sites for hydroxylation is 1. The fourth-order valence-electron chi connectivity index (χ4n) is 2.41. The van der Waals surface area contributed by atoms with E-state index in [1.165, 1.54) is 0 Å². The maximum Gasteiger partial charge on any atom is 0.258 e. The topological polar surface area (TPSA) is 125 Å². The molecule has 0 aliphatic heterocycles. The summed E-state index contributed by atoms with van der Waals surface area (Å²) in [4.78, 5) is 23.2. The van der Waals surface area contributed by atoms with Crippen molar-refractivity contribution in [2.75, 3.05) is 46.1 Å². The zero-order chi connectivity index (χ0) is 22.3. The molecule has 0 atom stereocenters. The van der Waals surface area contributed by atoms with Crippen LogP contribution in [0.1, 0.15) is 25.7 Å². The minimum atomic E-state index is -0.241. The fraction of sp³-hybridized carbons (Fsp3) is 0.524. The normalized spacial score (nSPS) is 10.6. The number of carbonyl (C=O) groups is 2. The number of amides is 2. The Hall–Kier alpha value is -2.98. The van der Waals surface area contributed by atoms with E-state index in [0.717, 1.165) is 12.0 Å². The van der Waals surface area contributed by atoms with Crippen molar-refractivity contribution >= 4 is 11.8 Å². The van der Waals surface area contributed by atoms with Crippen molar-refractivity contribution in [3.8, 4) is 17.2 Å². The number of rotatable bonds is 15. The molecule has 1 aromatic heterocycles. The highest BCUT2D eigenvalue weighted by atomic mass is 16.5. The zero-order valence-corrected chi connectivity index (χ0v) is 18.0. The summed E-state index contributed by atoms with van der Waals surface area (Å²) in [6.45, 7) is 6.22. The molecular formula is C21H30N4O6. The van der Waals surface area contributed by atoms with Crippen LogP contribution in [0.3, 0.4) is 0 Å². The summed E-state index contributed by atoms with van der Waals surface area (Å²) < 4.78 is 21.5. The van der Waals surface area contributed by atoms with Crippen LogP contribution in [0.2, 0.25) is 0 Å². The predicted octanol–water partition coefficient (Wildman–Crippen LogP) is 1.49. The predicted molar refractivity (Wildman–Crippen MR) is 113 cm³/mol. The summed E-state index contributed by atoms with van der Waals surface area (Å²) in [5.74, 6) is 1.24. The van der Waals surface area contributed by atoms with Crippen LogP contribution in [0.25, 0.3) is 11.5 Å². The SMILES string of the molecule is CCCNC(=O)CCOCCOCCNC(=O)COc1ccc(-c2nnc(C)o2)cc1. The number of carbonyl (C=O) groups excluding carboxylic acids is 2. The van der Waals surface area contributed by atoms with Gasteiger partial charge in [0, 0.05) is 32.0 Å². The maximum absolute atomic E-state index is 11.8. The lowest BCUT2D eigenvalue weighted by molar-refractivity contribution is -0.123. The van der Waals surface area contributed by atoms with Gasteiger partial charge < -0.3 is 29.3 Å². The maximum atomic E-state index is 11.8. The molecule has 0 aliphatic rings. The fourth-order valence-corrected chi connectivity index (χ4v) is 2.41. The molecule has 0 bridgehead atoms. The smallest absolute Gasteiger partial charge is 0.258 e. The van der Waals surface area contributed by atoms with Crippen molar-refractivity contribution in [2.45, 2.75) is 26.7 Å². The quantitative estimate of drug-likeness (QED) is 0.404. The molecule has 2 aromatic rings. The van der Waals surface area contributed by atoms with Crippen LogP contribution in [0.4, 0.5) is 0 Å². The highest BCUT2D eigenvalue weighted by molar-refractivity contribution is 5.77. The molecule has 0 unspecified atom stereocenters. The monoisotopic (exact) mass is 434 g/mol. The third-order valence-corrected chi connectivity index (χ3v) is 3.98. The molecule has 1 heterocycles. The molecule has 31 heavy (non-hydrogen) atoms. The van der Waals surface area contributed by atoms with Crippen molar-refractivity contribution in [1.82, 2.24) is 20.8 Å². The van der Waals surface area contributed by atoms with E-state index in [1.807, 2.05) is 6.92 Å². The molecule has 0 radical (unpaired) electrons. The number of nitrogens with zero attached hydrogens (tertiary/aromatic N) is 2. The minimum absolute atomic E-state index is 0.00874. The van der Waals surface area contributed by atoms with Gasteiger partial charge in [0.1, 0.15) is 5.75 Å². The second kappa shape index (κ2) is 14.1. The first-order valence-electron chi connectivity index (χ1n) is 10.3. The summed E-state index contributed by atoms with van der Waals surface area (Å²) in [6, 6.07) is 7.04. The largest absolute Gasteiger partial charge is 0.484 e. The minimum Gasteiger partial charge on any atom is -0.484 e. The first-order chi connectivity index (χ1) is 15.1. The lowest BCUT2D eigenvalue weighted by Gasteiger charge is -2.09. The molecule has 10 heteroatoms. The van der Waals surface area contributed by atoms with Gasteiger partial charge in [-0.25, -0.2) is 0 Å². The standard InChI is InChI=1S/C21H30N4O6/c1-3-9-22-19(26)8-11-28-13-14-29-12-10-23-20(27)15-30-18-6-4-17(5-7-18)21-25-24-16(2)31-21/h4-7H,3,8-15H2,1-2H3,(H,22,26)(H,23,27). The highest BCUT2D eigenvalue weighted by Gasteiger charge is 2.07. The average Bonchev–Trinajstić information content (AvgIpc) is 3.21. The Balaban J connectivity index is 1.47. The second-order valence-corrected chi connectivity index (χ2v) is 6.61. The lowest BCUT2D eigenvalue weighted by atomic mass is 10.2. The van der Waals surface area contributed by atoms with Gasteiger partial charge in [0.2, 0.25) is 17.7 Å². The number of ether oxygens (including phenoxy) is 3. The van der Waals surface area contributed by atoms with E-state index < -0.39 is 0 Å². The summed E-state index contributed by atoms with van der Waals surface area (Å²) in [6.07, 6.45) is 1.26. The third-order valence-electron chi connectivity index (χ3n) is 3.98. The van der Waals surface area contributed by atoms with E-state index >= 15 is 0 Å². The first-order valence-corrected chi connectivity index (χ1v) is 10.3. The molecular weight excluding hydrogens is 404 g/mol. The molecule has 0 saturated heterocycles. The molecule has 2 amide bonds. The Kier molecular flexibility index (Phi) is 11.0. The number of hydrogen-bond donors (Lipinski definition) is 2. The molecule has 1 aromatic carbocycles. The van der Waals surface area contributed by atoms with Gasteiger partial charge in [0.15, 0.2) is 6.61 Å². The van der Waals surface area contributed by atoms with Crippen molar-refractivity contribution < 1.29 is 28.2 Å². The van der Waals surface area contributed by atoms with E-state index in [2.05, 4.69) is 20.8 Å². The van der Waals surface area contributed by atoms with Crippen LogP contribution < -0.4 is 15.4 Å². The van der Waals surface area contributed by atoms with E-state index in [0.29, 0.717) is 63.5 Å². The highest BCUT2D eigenvalue weighted by Crippen LogP contribution is 2.21. The van der Waals surface area contributed by atoms with Crippen LogP contribution in [0, 0.1) is 6.92 Å². The number of benzene rings is 1. The molecule has 0 aliphatic carbocycles. The first kappa shape index (κ1) is 24.3. The van der Waals surface area contributed by atoms with E-state index in [-0.39, 0.29) is 18.4 Å². The third kappa shape index (κ3) is 10.1. The van der Waals surface area contributed by atoms with Crippen LogP contribution in [0.15, 0.2) is 28.7 Å². The number of aromatic nitrogens is 2. The molecule has 170 valence electrons. The van der Waals surface area contributed by atoms with Gasteiger partial charge in [0.05, 0.1) is 26.4 Å². The second-order valence-electron chi connectivity index (χ2n) is 6.61. The molecule has 2 N–H and O–H groups in total. The van der Waals surface area contributed by atoms with Gasteiger partial charge in [-0.1, -0.05) is 6.92 Å². The van der Waals surface area contributed by atoms with Crippen LogP contribution in [-0.4, -0.2) is 68.1 Å². The lowest BCUT2D eigenvalue weighted by Crippen LogP contribution is -2.31. The molecule has 10 nitrogen and oxygen atoms in total. The van der Waals surface area contributed by atoms with Gasteiger partial charge >= 0.3 is 0 Å². The Bertz CT molecular complexity index is 793. The molecule has 0 saturated carbocycles. The van der Waals surface area contributed by atoms with Crippen LogP contribution >= 0.6 is 0 Å². The Morgan fingerprint density at radius 3 is 2.32 bits per heavy atom. The van der Waals surface area contributed by atoms with Gasteiger partial charge in [0.25, 0.3) is 5.91 Å². The summed E-state index contributed by atoms with van der Waals surface area (Å²) >= 11 is 0. The van der Waals surface area contributed by atoms with Crippen molar-refractivity contribution in [1.29, 1.82) is 0 Å². The van der Waals surface area contributed by atoms with Crippen molar-refractivity contribution in [3.05, 3.63) is 30.2 Å². The number of nitrogens with one attached hydrogen (secondary N) is 2. The van der Waals surface area contributed by atoms with Crippen LogP contribution in [0.5, 0.6) is 5.75 Å². The van der Waals surface area contributed by atoms with E-state index in [4.69, 9.17) is 18.6 Å². The van der Waals surface area contributed by atoms with E-state index in [1.54, 1.807) is 31.2 Å². The Morgan fingerprint density at radius 1 is 0.935 bits per heavy atom. The van der Waals surface area contributed by atoms with Gasteiger partial charge in [-0.3, -0.25) is 9.59 Å². The van der Waals surface area contributed by atoms with E-state index in [9.17, 15) is 9.59 Å². The van der Waals surface area contributed by atoms with Gasteiger partial charge in [-0.15, -0.1) is 10.2 Å². The zero-order valence-electron chi connectivity index (χ0n) is 18.0. The number of hydrogen-bond acceptors (Lipinski definition) is 8.